The van der Waals surface area contributed by atoms with Crippen LogP contribution in [-0.4, -0.2) is 12.1 Å². The lowest BCUT2D eigenvalue weighted by Gasteiger charge is -2.02. The van der Waals surface area contributed by atoms with Gasteiger partial charge in [-0.1, -0.05) is 46.9 Å². The minimum Gasteiger partial charge on any atom is -0.267 e. The van der Waals surface area contributed by atoms with Crippen LogP contribution in [-0.2, 0) is 0 Å². The van der Waals surface area contributed by atoms with Crippen LogP contribution in [0.25, 0.3) is 0 Å². The lowest BCUT2D eigenvalue weighted by atomic mass is 10.2. The number of rotatable bonds is 3. The number of hydrogen-bond acceptors (Lipinski definition) is 2. The van der Waals surface area contributed by atoms with Gasteiger partial charge < -0.3 is 0 Å². The van der Waals surface area contributed by atoms with Crippen LogP contribution in [0.3, 0.4) is 0 Å². The van der Waals surface area contributed by atoms with Gasteiger partial charge in [-0.3, -0.25) is 4.79 Å². The first-order chi connectivity index (χ1) is 9.56. The molecule has 0 bridgehead atoms. The van der Waals surface area contributed by atoms with E-state index >= 15 is 0 Å². The highest BCUT2D eigenvalue weighted by Crippen LogP contribution is 2.20. The van der Waals surface area contributed by atoms with Gasteiger partial charge in [-0.25, -0.2) is 5.43 Å². The van der Waals surface area contributed by atoms with Crippen molar-refractivity contribution in [2.45, 2.75) is 0 Å². The molecule has 0 aromatic heterocycles. The Kier molecular flexibility index (Phi) is 5.01. The van der Waals surface area contributed by atoms with Gasteiger partial charge >= 0.3 is 0 Å². The average Bonchev–Trinajstić information content (AvgIpc) is 2.41. The van der Waals surface area contributed by atoms with E-state index in [-0.39, 0.29) is 5.02 Å². The first-order valence-electron chi connectivity index (χ1n) is 5.60. The van der Waals surface area contributed by atoms with Crippen LogP contribution >= 0.6 is 34.8 Å². The molecular formula is C14H9Cl3N2O. The van der Waals surface area contributed by atoms with Gasteiger partial charge in [0, 0.05) is 10.0 Å². The number of halogens is 3. The summed E-state index contributed by atoms with van der Waals surface area (Å²) in [5, 5.41) is 5.23. The van der Waals surface area contributed by atoms with E-state index < -0.39 is 5.91 Å². The summed E-state index contributed by atoms with van der Waals surface area (Å²) < 4.78 is 0. The Morgan fingerprint density at radius 3 is 2.30 bits per heavy atom. The quantitative estimate of drug-likeness (QED) is 0.658. The molecule has 20 heavy (non-hydrogen) atoms. The van der Waals surface area contributed by atoms with Crippen LogP contribution in [0.15, 0.2) is 47.6 Å². The topological polar surface area (TPSA) is 41.5 Å². The summed E-state index contributed by atoms with van der Waals surface area (Å²) in [6.45, 7) is 0. The number of nitrogens with one attached hydrogen (secondary N) is 1. The van der Waals surface area contributed by atoms with Crippen molar-refractivity contribution in [3.8, 4) is 0 Å². The molecule has 0 aliphatic rings. The highest BCUT2D eigenvalue weighted by molar-refractivity contribution is 6.36. The molecule has 0 aliphatic carbocycles. The molecule has 3 nitrogen and oxygen atoms in total. The summed E-state index contributed by atoms with van der Waals surface area (Å²) in [4.78, 5) is 11.8. The van der Waals surface area contributed by atoms with E-state index in [9.17, 15) is 4.79 Å². The predicted octanol–water partition coefficient (Wildman–Crippen LogP) is 4.41. The number of hydrazone groups is 1. The fourth-order valence-corrected chi connectivity index (χ4v) is 2.07. The lowest BCUT2D eigenvalue weighted by Crippen LogP contribution is -2.18. The standard InChI is InChI=1S/C14H9Cl3N2O/c15-10-3-1-9(2-4-10)8-18-19-14(20)12-6-5-11(16)7-13(12)17/h1-8H,(H,19,20)/b18-8-. The molecule has 102 valence electrons. The normalized spacial score (nSPS) is 10.8. The summed E-state index contributed by atoms with van der Waals surface area (Å²) in [7, 11) is 0. The molecule has 2 aromatic carbocycles. The van der Waals surface area contributed by atoms with E-state index in [0.717, 1.165) is 5.56 Å². The summed E-state index contributed by atoms with van der Waals surface area (Å²) in [5.74, 6) is -0.406. The minimum absolute atomic E-state index is 0.275. The van der Waals surface area contributed by atoms with E-state index in [0.29, 0.717) is 15.6 Å². The molecular weight excluding hydrogens is 319 g/mol. The third-order valence-corrected chi connectivity index (χ3v) is 3.23. The Hall–Kier alpha value is -1.55. The predicted molar refractivity (Wildman–Crippen MR) is 83.0 cm³/mol. The Balaban J connectivity index is 2.03. The van der Waals surface area contributed by atoms with Crippen molar-refractivity contribution < 1.29 is 4.79 Å². The van der Waals surface area contributed by atoms with Crippen molar-refractivity contribution in [2.24, 2.45) is 5.10 Å². The van der Waals surface area contributed by atoms with Crippen molar-refractivity contribution >= 4 is 46.9 Å². The van der Waals surface area contributed by atoms with Gasteiger partial charge in [-0.2, -0.15) is 5.10 Å². The first kappa shape index (κ1) is 14.9. The van der Waals surface area contributed by atoms with Crippen LogP contribution in [0, 0.1) is 0 Å². The zero-order valence-corrected chi connectivity index (χ0v) is 12.4. The summed E-state index contributed by atoms with van der Waals surface area (Å²) in [5.41, 5.74) is 3.52. The summed E-state index contributed by atoms with van der Waals surface area (Å²) in [6, 6.07) is 11.7. The second-order valence-electron chi connectivity index (χ2n) is 3.87. The molecule has 0 heterocycles. The van der Waals surface area contributed by atoms with E-state index in [1.165, 1.54) is 18.3 Å². The number of hydrogen-bond donors (Lipinski definition) is 1. The van der Waals surface area contributed by atoms with Gasteiger partial charge in [0.25, 0.3) is 5.91 Å². The fraction of sp³-hybridized carbons (Fsp3) is 0. The smallest absolute Gasteiger partial charge is 0.267 e. The Labute approximate surface area is 131 Å². The number of nitrogens with zero attached hydrogens (tertiary/aromatic N) is 1. The molecule has 1 amide bonds. The molecule has 0 atom stereocenters. The van der Waals surface area contributed by atoms with E-state index in [1.54, 1.807) is 30.3 Å². The summed E-state index contributed by atoms with van der Waals surface area (Å²) in [6.07, 6.45) is 1.51. The molecule has 2 aromatic rings. The highest BCUT2D eigenvalue weighted by Gasteiger charge is 2.09. The maximum absolute atomic E-state index is 11.8. The molecule has 2 rings (SSSR count). The van der Waals surface area contributed by atoms with E-state index in [1.807, 2.05) is 0 Å². The van der Waals surface area contributed by atoms with Gasteiger partial charge in [-0.15, -0.1) is 0 Å². The number of benzene rings is 2. The largest absolute Gasteiger partial charge is 0.272 e. The molecule has 0 saturated heterocycles. The van der Waals surface area contributed by atoms with Crippen LogP contribution in [0.5, 0.6) is 0 Å². The van der Waals surface area contributed by atoms with Crippen molar-refractivity contribution in [3.63, 3.8) is 0 Å². The maximum Gasteiger partial charge on any atom is 0.272 e. The van der Waals surface area contributed by atoms with Crippen molar-refractivity contribution in [3.05, 3.63) is 68.7 Å². The van der Waals surface area contributed by atoms with Crippen molar-refractivity contribution in [1.29, 1.82) is 0 Å². The molecule has 0 radical (unpaired) electrons. The van der Waals surface area contributed by atoms with Crippen LogP contribution in [0.4, 0.5) is 0 Å². The van der Waals surface area contributed by atoms with Crippen molar-refractivity contribution in [2.75, 3.05) is 0 Å². The minimum atomic E-state index is -0.406. The first-order valence-corrected chi connectivity index (χ1v) is 6.73. The van der Waals surface area contributed by atoms with Gasteiger partial charge in [0.2, 0.25) is 0 Å². The second-order valence-corrected chi connectivity index (χ2v) is 5.15. The van der Waals surface area contributed by atoms with Gasteiger partial charge in [-0.05, 0) is 35.9 Å². The monoisotopic (exact) mass is 326 g/mol. The highest BCUT2D eigenvalue weighted by atomic mass is 35.5. The molecule has 0 saturated carbocycles. The fourth-order valence-electron chi connectivity index (χ4n) is 1.45. The molecule has 0 aliphatic heterocycles. The Morgan fingerprint density at radius 1 is 1.00 bits per heavy atom. The zero-order valence-electron chi connectivity index (χ0n) is 10.1. The van der Waals surface area contributed by atoms with Gasteiger partial charge in [0.05, 0.1) is 16.8 Å². The Morgan fingerprint density at radius 2 is 1.65 bits per heavy atom. The summed E-state index contributed by atoms with van der Waals surface area (Å²) >= 11 is 17.5. The second kappa shape index (κ2) is 6.75. The van der Waals surface area contributed by atoms with Gasteiger partial charge in [0.1, 0.15) is 0 Å². The van der Waals surface area contributed by atoms with Crippen LogP contribution in [0.2, 0.25) is 15.1 Å². The van der Waals surface area contributed by atoms with Crippen LogP contribution in [0.1, 0.15) is 15.9 Å². The van der Waals surface area contributed by atoms with Gasteiger partial charge in [0.15, 0.2) is 0 Å². The third-order valence-electron chi connectivity index (χ3n) is 2.43. The SMILES string of the molecule is O=C(N/N=C\c1ccc(Cl)cc1)c1ccc(Cl)cc1Cl. The Bertz CT molecular complexity index is 654. The molecule has 6 heteroatoms. The molecule has 1 N–H and O–H groups in total. The third kappa shape index (κ3) is 3.97. The van der Waals surface area contributed by atoms with Crippen molar-refractivity contribution in [1.82, 2.24) is 5.43 Å². The molecule has 0 unspecified atom stereocenters. The molecule has 0 fully saturated rings. The number of carbonyl (C=O) groups excluding carboxylic acids is 1. The number of carbonyl (C=O) groups is 1. The lowest BCUT2D eigenvalue weighted by molar-refractivity contribution is 0.0955. The number of amides is 1. The van der Waals surface area contributed by atoms with E-state index in [4.69, 9.17) is 34.8 Å². The van der Waals surface area contributed by atoms with Crippen LogP contribution < -0.4 is 5.43 Å². The van der Waals surface area contributed by atoms with E-state index in [2.05, 4.69) is 10.5 Å². The maximum atomic E-state index is 11.8. The average molecular weight is 328 g/mol. The molecule has 0 spiro atoms. The zero-order chi connectivity index (χ0) is 14.5.